The van der Waals surface area contributed by atoms with Gasteiger partial charge in [0, 0.05) is 10.5 Å². The van der Waals surface area contributed by atoms with Gasteiger partial charge in [-0.15, -0.1) is 0 Å². The highest BCUT2D eigenvalue weighted by molar-refractivity contribution is 9.10. The second-order valence-corrected chi connectivity index (χ2v) is 5.74. The molecular weight excluding hydrogens is 348 g/mol. The van der Waals surface area contributed by atoms with Crippen molar-refractivity contribution in [2.45, 2.75) is 19.1 Å². The van der Waals surface area contributed by atoms with Crippen molar-refractivity contribution in [3.8, 4) is 5.75 Å². The molecule has 2 atom stereocenters. The Morgan fingerprint density at radius 3 is 2.41 bits per heavy atom. The lowest BCUT2D eigenvalue weighted by atomic mass is 10.0. The van der Waals surface area contributed by atoms with Crippen LogP contribution in [0.2, 0.25) is 0 Å². The number of benzene rings is 1. The summed E-state index contributed by atoms with van der Waals surface area (Å²) in [5.41, 5.74) is 7.22. The number of pyridine rings is 1. The lowest BCUT2D eigenvalue weighted by Crippen LogP contribution is -2.29. The number of esters is 1. The number of halogens is 1. The van der Waals surface area contributed by atoms with Crippen molar-refractivity contribution in [2.24, 2.45) is 5.73 Å². The molecule has 0 bridgehead atoms. The molecule has 0 fully saturated rings. The minimum atomic E-state index is -0.483. The van der Waals surface area contributed by atoms with Crippen molar-refractivity contribution in [1.29, 1.82) is 0 Å². The number of rotatable bonds is 5. The first kappa shape index (κ1) is 16.5. The minimum Gasteiger partial charge on any atom is -0.482 e. The van der Waals surface area contributed by atoms with E-state index < -0.39 is 5.97 Å². The zero-order chi connectivity index (χ0) is 16.1. The summed E-state index contributed by atoms with van der Waals surface area (Å²) in [6, 6.07) is 10.8. The van der Waals surface area contributed by atoms with E-state index in [0.29, 0.717) is 5.75 Å². The average Bonchev–Trinajstić information content (AvgIpc) is 2.53. The van der Waals surface area contributed by atoms with E-state index in [1.165, 1.54) is 13.3 Å². The number of nitrogens with two attached hydrogens (primary N) is 1. The molecule has 2 aromatic rings. The van der Waals surface area contributed by atoms with Gasteiger partial charge >= 0.3 is 5.97 Å². The van der Waals surface area contributed by atoms with Crippen LogP contribution in [0.3, 0.4) is 0 Å². The first-order valence-electron chi connectivity index (χ1n) is 6.73. The van der Waals surface area contributed by atoms with Crippen molar-refractivity contribution in [3.63, 3.8) is 0 Å². The Bertz CT molecular complexity index is 627. The summed E-state index contributed by atoms with van der Waals surface area (Å²) >= 11 is 3.40. The summed E-state index contributed by atoms with van der Waals surface area (Å²) in [7, 11) is 1.31. The molecule has 0 aliphatic rings. The summed E-state index contributed by atoms with van der Waals surface area (Å²) in [6.45, 7) is 1.88. The maximum atomic E-state index is 11.4. The molecule has 0 spiro atoms. The van der Waals surface area contributed by atoms with Crippen LogP contribution in [0.15, 0.2) is 47.1 Å². The number of methoxy groups -OCH3 is 1. The molecule has 1 heterocycles. The van der Waals surface area contributed by atoms with E-state index in [0.717, 1.165) is 10.0 Å². The van der Waals surface area contributed by atoms with E-state index in [1.807, 2.05) is 31.2 Å². The van der Waals surface area contributed by atoms with Crippen molar-refractivity contribution in [3.05, 3.63) is 58.3 Å². The van der Waals surface area contributed by atoms with Crippen LogP contribution in [0.5, 0.6) is 5.75 Å². The molecule has 0 saturated carbocycles. The largest absolute Gasteiger partial charge is 0.482 e. The molecule has 6 heteroatoms. The van der Waals surface area contributed by atoms with Crippen LogP contribution in [0, 0.1) is 0 Å². The number of nitrogens with zero attached hydrogens (tertiary/aromatic N) is 1. The molecule has 0 aliphatic carbocycles. The van der Waals surface area contributed by atoms with Gasteiger partial charge in [-0.05, 0) is 36.8 Å². The number of carbonyl (C=O) groups excluding carboxylic acids is 1. The van der Waals surface area contributed by atoms with Crippen molar-refractivity contribution in [2.75, 3.05) is 7.11 Å². The van der Waals surface area contributed by atoms with E-state index in [9.17, 15) is 4.79 Å². The summed E-state index contributed by atoms with van der Waals surface area (Å²) in [5.74, 6) is 0.0566. The van der Waals surface area contributed by atoms with Gasteiger partial charge in [0.25, 0.3) is 0 Å². The zero-order valence-corrected chi connectivity index (χ0v) is 13.9. The lowest BCUT2D eigenvalue weighted by Gasteiger charge is -2.23. The third kappa shape index (κ3) is 4.05. The van der Waals surface area contributed by atoms with Crippen LogP contribution in [0.4, 0.5) is 0 Å². The normalized spacial score (nSPS) is 13.3. The molecule has 0 unspecified atom stereocenters. The van der Waals surface area contributed by atoms with Gasteiger partial charge in [-0.3, -0.25) is 0 Å². The number of hydrogen-bond acceptors (Lipinski definition) is 5. The molecule has 2 rings (SSSR count). The van der Waals surface area contributed by atoms with Crippen molar-refractivity contribution >= 4 is 21.9 Å². The lowest BCUT2D eigenvalue weighted by molar-refractivity contribution is 0.0594. The Balaban J connectivity index is 2.17. The molecule has 1 aromatic heterocycles. The topological polar surface area (TPSA) is 74.4 Å². The summed E-state index contributed by atoms with van der Waals surface area (Å²) in [6.07, 6.45) is 1.18. The van der Waals surface area contributed by atoms with Crippen LogP contribution >= 0.6 is 15.9 Å². The Morgan fingerprint density at radius 1 is 1.23 bits per heavy atom. The fourth-order valence-electron chi connectivity index (χ4n) is 1.95. The monoisotopic (exact) mass is 364 g/mol. The van der Waals surface area contributed by atoms with Crippen LogP contribution in [-0.4, -0.2) is 24.1 Å². The standard InChI is InChI=1S/C16H17BrN2O3/c1-10(18)15(11-3-5-12(17)6-4-11)22-13-7-8-14(19-9-13)16(20)21-2/h3-10,15H,18H2,1-2H3/t10-,15-/m0/s1. The second-order valence-electron chi connectivity index (χ2n) is 4.82. The van der Waals surface area contributed by atoms with Crippen molar-refractivity contribution < 1.29 is 14.3 Å². The maximum Gasteiger partial charge on any atom is 0.356 e. The molecule has 1 aromatic carbocycles. The molecule has 116 valence electrons. The number of ether oxygens (including phenoxy) is 2. The van der Waals surface area contributed by atoms with Crippen LogP contribution < -0.4 is 10.5 Å². The van der Waals surface area contributed by atoms with Crippen LogP contribution in [0.1, 0.15) is 29.1 Å². The van der Waals surface area contributed by atoms with E-state index in [-0.39, 0.29) is 17.8 Å². The highest BCUT2D eigenvalue weighted by Crippen LogP contribution is 2.25. The smallest absolute Gasteiger partial charge is 0.356 e. The molecule has 0 saturated heterocycles. The van der Waals surface area contributed by atoms with E-state index >= 15 is 0 Å². The van der Waals surface area contributed by atoms with Crippen LogP contribution in [0.25, 0.3) is 0 Å². The predicted molar refractivity (Wildman–Crippen MR) is 86.7 cm³/mol. The minimum absolute atomic E-state index is 0.207. The van der Waals surface area contributed by atoms with Gasteiger partial charge in [-0.25, -0.2) is 9.78 Å². The van der Waals surface area contributed by atoms with Crippen LogP contribution in [-0.2, 0) is 4.74 Å². The van der Waals surface area contributed by atoms with Gasteiger partial charge in [-0.1, -0.05) is 28.1 Å². The Hall–Kier alpha value is -1.92. The average molecular weight is 365 g/mol. The highest BCUT2D eigenvalue weighted by Gasteiger charge is 2.18. The maximum absolute atomic E-state index is 11.4. The SMILES string of the molecule is COC(=O)c1ccc(O[C@H](c2ccc(Br)cc2)[C@H](C)N)cn1. The molecule has 0 amide bonds. The Kier molecular flexibility index (Phi) is 5.51. The molecule has 5 nitrogen and oxygen atoms in total. The Labute approximate surface area is 137 Å². The fraction of sp³-hybridized carbons (Fsp3) is 0.250. The van der Waals surface area contributed by atoms with Gasteiger partial charge in [0.05, 0.1) is 13.3 Å². The Morgan fingerprint density at radius 2 is 1.91 bits per heavy atom. The second kappa shape index (κ2) is 7.38. The summed E-state index contributed by atoms with van der Waals surface area (Å²) in [5, 5.41) is 0. The van der Waals surface area contributed by atoms with E-state index in [4.69, 9.17) is 10.5 Å². The first-order chi connectivity index (χ1) is 10.5. The summed E-state index contributed by atoms with van der Waals surface area (Å²) in [4.78, 5) is 15.4. The first-order valence-corrected chi connectivity index (χ1v) is 7.52. The van der Waals surface area contributed by atoms with E-state index in [2.05, 4.69) is 25.7 Å². The molecule has 22 heavy (non-hydrogen) atoms. The quantitative estimate of drug-likeness (QED) is 0.825. The fourth-order valence-corrected chi connectivity index (χ4v) is 2.22. The zero-order valence-electron chi connectivity index (χ0n) is 12.3. The summed E-state index contributed by atoms with van der Waals surface area (Å²) < 4.78 is 11.5. The van der Waals surface area contributed by atoms with Gasteiger partial charge in [0.2, 0.25) is 0 Å². The molecule has 0 aliphatic heterocycles. The van der Waals surface area contributed by atoms with Gasteiger partial charge in [0.1, 0.15) is 17.5 Å². The van der Waals surface area contributed by atoms with E-state index in [1.54, 1.807) is 12.1 Å². The number of hydrogen-bond donors (Lipinski definition) is 1. The highest BCUT2D eigenvalue weighted by atomic mass is 79.9. The van der Waals surface area contributed by atoms with Gasteiger partial charge in [-0.2, -0.15) is 0 Å². The van der Waals surface area contributed by atoms with Gasteiger partial charge < -0.3 is 15.2 Å². The molecule has 2 N–H and O–H groups in total. The third-order valence-electron chi connectivity index (χ3n) is 3.07. The van der Waals surface area contributed by atoms with Crippen molar-refractivity contribution in [1.82, 2.24) is 4.98 Å². The number of carbonyl (C=O) groups is 1. The van der Waals surface area contributed by atoms with Gasteiger partial charge in [0.15, 0.2) is 0 Å². The third-order valence-corrected chi connectivity index (χ3v) is 3.60. The molecular formula is C16H17BrN2O3. The molecule has 0 radical (unpaired) electrons. The predicted octanol–water partition coefficient (Wildman–Crippen LogP) is 3.10. The number of aromatic nitrogens is 1.